The Morgan fingerprint density at radius 1 is 1.27 bits per heavy atom. The lowest BCUT2D eigenvalue weighted by Gasteiger charge is -2.29. The monoisotopic (exact) mass is 346 g/mol. The Labute approximate surface area is 141 Å². The normalized spacial score (nSPS) is 14.1. The van der Waals surface area contributed by atoms with Crippen LogP contribution >= 0.6 is 24.8 Å². The summed E-state index contributed by atoms with van der Waals surface area (Å²) in [6.45, 7) is 6.11. The maximum Gasteiger partial charge on any atom is 0.374 e. The molecule has 1 aliphatic heterocycles. The fraction of sp³-hybridized carbons (Fsp3) is 0.400. The average Bonchev–Trinajstić information content (AvgIpc) is 2.91. The number of hydrogen-bond acceptors (Lipinski definition) is 5. The third-order valence-corrected chi connectivity index (χ3v) is 3.46. The standard InChI is InChI=1S/C15H18N2O3.2ClH/c1-2-19-15(18)14-10-11-9-12(3-4-13(11)20-14)17-7-5-16-6-8-17;;/h3-4,9-10,16H,2,5-8H2,1H3;2*1H. The second-order valence-corrected chi connectivity index (χ2v) is 4.79. The number of ether oxygens (including phenoxy) is 1. The van der Waals surface area contributed by atoms with Gasteiger partial charge in [-0.05, 0) is 31.2 Å². The van der Waals surface area contributed by atoms with Gasteiger partial charge in [0, 0.05) is 37.3 Å². The zero-order chi connectivity index (χ0) is 13.9. The Bertz CT molecular complexity index is 624. The van der Waals surface area contributed by atoms with Crippen molar-refractivity contribution >= 4 is 47.4 Å². The van der Waals surface area contributed by atoms with Crippen LogP contribution in [-0.4, -0.2) is 38.8 Å². The molecule has 0 atom stereocenters. The highest BCUT2D eigenvalue weighted by Gasteiger charge is 2.15. The van der Waals surface area contributed by atoms with E-state index >= 15 is 0 Å². The number of fused-ring (bicyclic) bond motifs is 1. The summed E-state index contributed by atoms with van der Waals surface area (Å²) in [6, 6.07) is 7.76. The number of nitrogens with zero attached hydrogens (tertiary/aromatic N) is 1. The van der Waals surface area contributed by atoms with Crippen LogP contribution in [-0.2, 0) is 4.74 Å². The van der Waals surface area contributed by atoms with Gasteiger partial charge in [-0.15, -0.1) is 24.8 Å². The first kappa shape index (κ1) is 18.6. The Kier molecular flexibility index (Phi) is 7.00. The molecule has 0 amide bonds. The van der Waals surface area contributed by atoms with Crippen LogP contribution in [0, 0.1) is 0 Å². The number of furan rings is 1. The molecular formula is C15H20Cl2N2O3. The van der Waals surface area contributed by atoms with Crippen molar-refractivity contribution in [1.29, 1.82) is 0 Å². The van der Waals surface area contributed by atoms with E-state index in [1.165, 1.54) is 0 Å². The number of rotatable bonds is 3. The highest BCUT2D eigenvalue weighted by molar-refractivity contribution is 5.93. The van der Waals surface area contributed by atoms with E-state index < -0.39 is 5.97 Å². The number of nitrogens with one attached hydrogen (secondary N) is 1. The van der Waals surface area contributed by atoms with Crippen LogP contribution in [0.5, 0.6) is 0 Å². The molecule has 0 aliphatic carbocycles. The van der Waals surface area contributed by atoms with E-state index in [-0.39, 0.29) is 30.6 Å². The van der Waals surface area contributed by atoms with E-state index in [4.69, 9.17) is 9.15 Å². The molecule has 1 saturated heterocycles. The van der Waals surface area contributed by atoms with E-state index in [0.29, 0.717) is 12.2 Å². The molecule has 0 spiro atoms. The average molecular weight is 347 g/mol. The minimum atomic E-state index is -0.410. The summed E-state index contributed by atoms with van der Waals surface area (Å²) in [5.41, 5.74) is 1.88. The third kappa shape index (κ3) is 3.85. The molecule has 5 nitrogen and oxygen atoms in total. The van der Waals surface area contributed by atoms with Crippen LogP contribution in [0.1, 0.15) is 17.5 Å². The fourth-order valence-corrected chi connectivity index (χ4v) is 2.45. The summed E-state index contributed by atoms with van der Waals surface area (Å²) in [6.07, 6.45) is 0. The largest absolute Gasteiger partial charge is 0.460 e. The van der Waals surface area contributed by atoms with Gasteiger partial charge in [-0.2, -0.15) is 0 Å². The highest BCUT2D eigenvalue weighted by Crippen LogP contribution is 2.25. The molecule has 1 aromatic heterocycles. The Morgan fingerprint density at radius 2 is 2.00 bits per heavy atom. The van der Waals surface area contributed by atoms with E-state index in [0.717, 1.165) is 37.3 Å². The Balaban J connectivity index is 0.00000121. The summed E-state index contributed by atoms with van der Waals surface area (Å²) in [5, 5.41) is 4.27. The summed E-state index contributed by atoms with van der Waals surface area (Å²) in [4.78, 5) is 14.0. The smallest absolute Gasteiger partial charge is 0.374 e. The molecule has 0 saturated carbocycles. The summed E-state index contributed by atoms with van der Waals surface area (Å²) >= 11 is 0. The lowest BCUT2D eigenvalue weighted by molar-refractivity contribution is 0.0492. The number of piperazine rings is 1. The number of hydrogen-bond donors (Lipinski definition) is 1. The van der Waals surface area contributed by atoms with Crippen molar-refractivity contribution in [2.75, 3.05) is 37.7 Å². The van der Waals surface area contributed by atoms with Crippen molar-refractivity contribution in [2.24, 2.45) is 0 Å². The highest BCUT2D eigenvalue weighted by atomic mass is 35.5. The number of halogens is 2. The number of carbonyl (C=O) groups is 1. The summed E-state index contributed by atoms with van der Waals surface area (Å²) in [7, 11) is 0. The predicted molar refractivity (Wildman–Crippen MR) is 91.7 cm³/mol. The van der Waals surface area contributed by atoms with Gasteiger partial charge in [0.15, 0.2) is 0 Å². The van der Waals surface area contributed by atoms with Gasteiger partial charge in [-0.3, -0.25) is 0 Å². The molecule has 122 valence electrons. The zero-order valence-corrected chi connectivity index (χ0v) is 14.0. The van der Waals surface area contributed by atoms with Crippen molar-refractivity contribution in [3.8, 4) is 0 Å². The van der Waals surface area contributed by atoms with E-state index in [9.17, 15) is 4.79 Å². The van der Waals surface area contributed by atoms with Crippen molar-refractivity contribution in [3.05, 3.63) is 30.0 Å². The molecule has 2 heterocycles. The van der Waals surface area contributed by atoms with Crippen molar-refractivity contribution in [2.45, 2.75) is 6.92 Å². The van der Waals surface area contributed by atoms with Crippen molar-refractivity contribution in [1.82, 2.24) is 5.32 Å². The van der Waals surface area contributed by atoms with Crippen LogP contribution in [0.2, 0.25) is 0 Å². The first-order valence-corrected chi connectivity index (χ1v) is 6.94. The number of esters is 1. The van der Waals surface area contributed by atoms with Gasteiger partial charge in [-0.1, -0.05) is 0 Å². The van der Waals surface area contributed by atoms with Crippen LogP contribution in [0.25, 0.3) is 11.0 Å². The molecule has 2 aromatic rings. The van der Waals surface area contributed by atoms with Gasteiger partial charge in [-0.25, -0.2) is 4.79 Å². The van der Waals surface area contributed by atoms with E-state index in [2.05, 4.69) is 16.3 Å². The minimum Gasteiger partial charge on any atom is -0.460 e. The molecule has 22 heavy (non-hydrogen) atoms. The first-order chi connectivity index (χ1) is 9.78. The van der Waals surface area contributed by atoms with Crippen LogP contribution < -0.4 is 10.2 Å². The van der Waals surface area contributed by atoms with Gasteiger partial charge >= 0.3 is 5.97 Å². The van der Waals surface area contributed by atoms with Crippen LogP contribution in [0.3, 0.4) is 0 Å². The summed E-state index contributed by atoms with van der Waals surface area (Å²) in [5.74, 6) is -0.147. The van der Waals surface area contributed by atoms with E-state index in [1.54, 1.807) is 13.0 Å². The van der Waals surface area contributed by atoms with Gasteiger partial charge in [0.05, 0.1) is 6.61 Å². The topological polar surface area (TPSA) is 54.7 Å². The molecule has 7 heteroatoms. The molecule has 3 rings (SSSR count). The Morgan fingerprint density at radius 3 is 2.68 bits per heavy atom. The number of anilines is 1. The lowest BCUT2D eigenvalue weighted by atomic mass is 10.2. The summed E-state index contributed by atoms with van der Waals surface area (Å²) < 4.78 is 10.5. The van der Waals surface area contributed by atoms with Gasteiger partial charge in [0.25, 0.3) is 0 Å². The molecule has 1 fully saturated rings. The number of benzene rings is 1. The fourth-order valence-electron chi connectivity index (χ4n) is 2.45. The van der Waals surface area contributed by atoms with Gasteiger partial charge in [0.2, 0.25) is 5.76 Å². The van der Waals surface area contributed by atoms with Crippen molar-refractivity contribution < 1.29 is 13.9 Å². The van der Waals surface area contributed by atoms with Gasteiger partial charge < -0.3 is 19.4 Å². The molecule has 0 unspecified atom stereocenters. The second-order valence-electron chi connectivity index (χ2n) is 4.79. The van der Waals surface area contributed by atoms with Gasteiger partial charge in [0.1, 0.15) is 5.58 Å². The maximum atomic E-state index is 11.7. The molecule has 0 bridgehead atoms. The lowest BCUT2D eigenvalue weighted by Crippen LogP contribution is -2.43. The quantitative estimate of drug-likeness (QED) is 0.866. The molecular weight excluding hydrogens is 327 g/mol. The zero-order valence-electron chi connectivity index (χ0n) is 12.3. The minimum absolute atomic E-state index is 0. The Hall–Kier alpha value is -1.43. The maximum absolute atomic E-state index is 11.7. The molecule has 0 radical (unpaired) electrons. The molecule has 1 aliphatic rings. The van der Waals surface area contributed by atoms with Crippen molar-refractivity contribution in [3.63, 3.8) is 0 Å². The SMILES string of the molecule is CCOC(=O)c1cc2cc(N3CCNCC3)ccc2o1.Cl.Cl. The second kappa shape index (κ2) is 8.27. The van der Waals surface area contributed by atoms with Crippen LogP contribution in [0.4, 0.5) is 5.69 Å². The molecule has 1 aromatic carbocycles. The predicted octanol–water partition coefficient (Wildman–Crippen LogP) is 2.86. The first-order valence-electron chi connectivity index (χ1n) is 6.94. The van der Waals surface area contributed by atoms with E-state index in [1.807, 2.05) is 12.1 Å². The molecule has 1 N–H and O–H groups in total. The van der Waals surface area contributed by atoms with Crippen LogP contribution in [0.15, 0.2) is 28.7 Å². The number of carbonyl (C=O) groups excluding carboxylic acids is 1. The third-order valence-electron chi connectivity index (χ3n) is 3.46.